The molecule has 7 N–H and O–H groups in total. The highest BCUT2D eigenvalue weighted by Gasteiger charge is 2.50. The summed E-state index contributed by atoms with van der Waals surface area (Å²) in [6.45, 7) is 2.93. The molecule has 1 saturated heterocycles. The lowest BCUT2D eigenvalue weighted by Crippen LogP contribution is -2.64. The maximum atomic E-state index is 12.0. The Bertz CT molecular complexity index is 1270. The van der Waals surface area contributed by atoms with E-state index in [0.29, 0.717) is 36.2 Å². The molecule has 1 aliphatic rings. The number of urea groups is 1. The van der Waals surface area contributed by atoms with Crippen LogP contribution in [-0.4, -0.2) is 50.0 Å². The van der Waals surface area contributed by atoms with Crippen molar-refractivity contribution in [2.45, 2.75) is 18.8 Å². The van der Waals surface area contributed by atoms with Gasteiger partial charge in [0.1, 0.15) is 5.52 Å². The first-order chi connectivity index (χ1) is 16.1. The summed E-state index contributed by atoms with van der Waals surface area (Å²) in [6.07, 6.45) is 1.69. The van der Waals surface area contributed by atoms with E-state index >= 15 is 0 Å². The van der Waals surface area contributed by atoms with Crippen molar-refractivity contribution in [3.63, 3.8) is 0 Å². The Morgan fingerprint density at radius 3 is 1.97 bits per heavy atom. The third kappa shape index (κ3) is 4.94. The number of hydrogen-bond donors (Lipinski definition) is 5. The molecule has 13 nitrogen and oxygen atoms in total. The standard InChI is InChI=1S/C12H12N2O3.C7H8N4O2.C2H8N2/c1-2-12(8-6-4-3-5-7-8)9(15)13-11(17)14-10(12)16;1-10-5-4(8-3-9-5)6(12)11(2)7(10)13;3-1-2-4/h3-7H,2H2,1H3,(H2,13,14,15,16,17);3H,1-2H3,(H,8,9);1-4H2. The zero-order valence-corrected chi connectivity index (χ0v) is 19.1. The topological polar surface area (TPSA) is 200 Å². The van der Waals surface area contributed by atoms with Gasteiger partial charge < -0.3 is 16.5 Å². The number of barbiturate groups is 1. The first-order valence-corrected chi connectivity index (χ1v) is 10.4. The molecule has 3 heterocycles. The minimum atomic E-state index is -1.31. The van der Waals surface area contributed by atoms with Crippen LogP contribution in [-0.2, 0) is 29.1 Å². The highest BCUT2D eigenvalue weighted by Crippen LogP contribution is 2.30. The van der Waals surface area contributed by atoms with Gasteiger partial charge in [0.2, 0.25) is 11.8 Å². The number of aryl methyl sites for hydroxylation is 1. The number of benzene rings is 1. The van der Waals surface area contributed by atoms with Gasteiger partial charge in [-0.2, -0.15) is 0 Å². The summed E-state index contributed by atoms with van der Waals surface area (Å²) in [7, 11) is 3.01. The van der Waals surface area contributed by atoms with E-state index in [1.54, 1.807) is 44.3 Å². The van der Waals surface area contributed by atoms with Gasteiger partial charge >= 0.3 is 11.7 Å². The Morgan fingerprint density at radius 1 is 0.912 bits per heavy atom. The maximum Gasteiger partial charge on any atom is 0.332 e. The predicted molar refractivity (Wildman–Crippen MR) is 125 cm³/mol. The highest BCUT2D eigenvalue weighted by atomic mass is 16.2. The van der Waals surface area contributed by atoms with Crippen LogP contribution in [0, 0.1) is 0 Å². The van der Waals surface area contributed by atoms with E-state index in [1.165, 1.54) is 17.9 Å². The Morgan fingerprint density at radius 2 is 1.47 bits per heavy atom. The first-order valence-electron chi connectivity index (χ1n) is 10.4. The Hall–Kier alpha value is -4.10. The quantitative estimate of drug-likeness (QED) is 0.285. The van der Waals surface area contributed by atoms with Crippen molar-refractivity contribution >= 4 is 29.0 Å². The van der Waals surface area contributed by atoms with Crippen LogP contribution < -0.4 is 33.3 Å². The maximum absolute atomic E-state index is 12.0. The second-order valence-corrected chi connectivity index (χ2v) is 7.25. The molecule has 182 valence electrons. The lowest BCUT2D eigenvalue weighted by atomic mass is 9.75. The third-order valence-corrected chi connectivity index (χ3v) is 5.22. The minimum Gasteiger partial charge on any atom is -0.339 e. The fraction of sp³-hybridized carbons (Fsp3) is 0.333. The van der Waals surface area contributed by atoms with Crippen LogP contribution in [0.3, 0.4) is 0 Å². The normalized spacial score (nSPS) is 14.3. The molecule has 4 rings (SSSR count). The molecule has 34 heavy (non-hydrogen) atoms. The molecule has 1 aliphatic heterocycles. The van der Waals surface area contributed by atoms with Crippen LogP contribution in [0.1, 0.15) is 18.9 Å². The molecule has 0 unspecified atom stereocenters. The fourth-order valence-electron chi connectivity index (χ4n) is 3.33. The number of imidazole rings is 1. The van der Waals surface area contributed by atoms with Crippen LogP contribution in [0.25, 0.3) is 11.2 Å². The molecular weight excluding hydrogens is 444 g/mol. The summed E-state index contributed by atoms with van der Waals surface area (Å²) in [5, 5.41) is 4.28. The van der Waals surface area contributed by atoms with Crippen LogP contribution in [0.5, 0.6) is 0 Å². The zero-order chi connectivity index (χ0) is 25.5. The van der Waals surface area contributed by atoms with E-state index in [0.717, 1.165) is 4.57 Å². The van der Waals surface area contributed by atoms with Gasteiger partial charge in [-0.05, 0) is 12.0 Å². The summed E-state index contributed by atoms with van der Waals surface area (Å²) in [4.78, 5) is 64.4. The smallest absolute Gasteiger partial charge is 0.332 e. The van der Waals surface area contributed by atoms with Gasteiger partial charge in [-0.3, -0.25) is 34.2 Å². The van der Waals surface area contributed by atoms with Gasteiger partial charge in [0, 0.05) is 27.2 Å². The Balaban J connectivity index is 0.000000213. The van der Waals surface area contributed by atoms with Gasteiger partial charge in [-0.25, -0.2) is 14.6 Å². The van der Waals surface area contributed by atoms with Crippen LogP contribution >= 0.6 is 0 Å². The number of imide groups is 2. The summed E-state index contributed by atoms with van der Waals surface area (Å²) in [6, 6.07) is 7.96. The second-order valence-electron chi connectivity index (χ2n) is 7.25. The number of nitrogens with one attached hydrogen (secondary N) is 3. The Kier molecular flexibility index (Phi) is 8.58. The molecule has 1 aromatic carbocycles. The van der Waals surface area contributed by atoms with Gasteiger partial charge in [-0.15, -0.1) is 0 Å². The summed E-state index contributed by atoms with van der Waals surface area (Å²) in [5.74, 6) is -1.14. The third-order valence-electron chi connectivity index (χ3n) is 5.22. The van der Waals surface area contributed by atoms with Gasteiger partial charge in [-0.1, -0.05) is 37.3 Å². The van der Waals surface area contributed by atoms with Crippen molar-refractivity contribution < 1.29 is 14.4 Å². The Labute approximate surface area is 194 Å². The second kappa shape index (κ2) is 11.2. The number of aromatic nitrogens is 4. The average molecular weight is 473 g/mol. The number of aromatic amines is 1. The van der Waals surface area contributed by atoms with Crippen molar-refractivity contribution in [3.8, 4) is 0 Å². The molecule has 0 radical (unpaired) electrons. The lowest BCUT2D eigenvalue weighted by Gasteiger charge is -2.33. The minimum absolute atomic E-state index is 0.294. The molecule has 0 atom stereocenters. The molecule has 0 bridgehead atoms. The van der Waals surface area contributed by atoms with Crippen molar-refractivity contribution in [1.29, 1.82) is 0 Å². The largest absolute Gasteiger partial charge is 0.339 e. The molecule has 13 heteroatoms. The van der Waals surface area contributed by atoms with Crippen LogP contribution in [0.4, 0.5) is 4.79 Å². The summed E-state index contributed by atoms with van der Waals surface area (Å²) in [5.41, 5.74) is 9.10. The molecule has 1 fully saturated rings. The van der Waals surface area contributed by atoms with Gasteiger partial charge in [0.15, 0.2) is 11.1 Å². The molecule has 4 amide bonds. The van der Waals surface area contributed by atoms with E-state index in [9.17, 15) is 24.0 Å². The summed E-state index contributed by atoms with van der Waals surface area (Å²) < 4.78 is 2.37. The first kappa shape index (κ1) is 26.2. The molecule has 3 aromatic rings. The zero-order valence-electron chi connectivity index (χ0n) is 19.1. The van der Waals surface area contributed by atoms with Gasteiger partial charge in [0.25, 0.3) is 5.56 Å². The fourth-order valence-corrected chi connectivity index (χ4v) is 3.33. The monoisotopic (exact) mass is 472 g/mol. The van der Waals surface area contributed by atoms with E-state index in [4.69, 9.17) is 11.5 Å². The number of H-pyrrole nitrogens is 1. The van der Waals surface area contributed by atoms with Gasteiger partial charge in [0.05, 0.1) is 6.33 Å². The average Bonchev–Trinajstić information content (AvgIpc) is 3.33. The number of fused-ring (bicyclic) bond motifs is 1. The number of amides is 4. The predicted octanol–water partition coefficient (Wildman–Crippen LogP) is -1.44. The number of nitrogens with two attached hydrogens (primary N) is 2. The molecule has 2 aromatic heterocycles. The van der Waals surface area contributed by atoms with Crippen molar-refractivity contribution in [1.82, 2.24) is 29.7 Å². The molecule has 0 saturated carbocycles. The highest BCUT2D eigenvalue weighted by molar-refractivity contribution is 6.22. The number of hydrogen-bond acceptors (Lipinski definition) is 8. The SMILES string of the molecule is CCC1(c2ccccc2)C(=O)NC(=O)NC1=O.Cn1c(=O)c2[nH]cnc2n(C)c1=O.NCCN. The molecular formula is C21H28N8O5. The van der Waals surface area contributed by atoms with Crippen molar-refractivity contribution in [2.75, 3.05) is 13.1 Å². The van der Waals surface area contributed by atoms with E-state index in [2.05, 4.69) is 20.6 Å². The van der Waals surface area contributed by atoms with Crippen LogP contribution in [0.2, 0.25) is 0 Å². The number of carbonyl (C=O) groups is 3. The number of rotatable bonds is 3. The van der Waals surface area contributed by atoms with Crippen molar-refractivity contribution in [2.24, 2.45) is 25.6 Å². The number of carbonyl (C=O) groups excluding carboxylic acids is 3. The molecule has 0 aliphatic carbocycles. The lowest BCUT2D eigenvalue weighted by molar-refractivity contribution is -0.138. The van der Waals surface area contributed by atoms with Crippen LogP contribution in [0.15, 0.2) is 46.2 Å². The van der Waals surface area contributed by atoms with E-state index in [1.807, 2.05) is 0 Å². The van der Waals surface area contributed by atoms with Crippen molar-refractivity contribution in [3.05, 3.63) is 63.1 Å². The summed E-state index contributed by atoms with van der Waals surface area (Å²) >= 11 is 0. The van der Waals surface area contributed by atoms with E-state index in [-0.39, 0.29) is 11.2 Å². The van der Waals surface area contributed by atoms with E-state index < -0.39 is 23.3 Å². The molecule has 0 spiro atoms. The number of nitrogens with zero attached hydrogens (tertiary/aromatic N) is 3.